The average Bonchev–Trinajstić information content (AvgIpc) is 2.85. The van der Waals surface area contributed by atoms with Crippen molar-refractivity contribution < 1.29 is 19.6 Å². The minimum Gasteiger partial charge on any atom is -0.481 e. The number of nitro benzene ring substituents is 1. The molecule has 0 spiro atoms. The molecule has 1 amide bonds. The van der Waals surface area contributed by atoms with Crippen molar-refractivity contribution in [3.05, 3.63) is 50.5 Å². The van der Waals surface area contributed by atoms with Gasteiger partial charge in [-0.2, -0.15) is 0 Å². The minimum atomic E-state index is -0.979. The van der Waals surface area contributed by atoms with Crippen molar-refractivity contribution in [3.8, 4) is 0 Å². The van der Waals surface area contributed by atoms with Crippen molar-refractivity contribution >= 4 is 34.6 Å². The molecule has 0 aliphatic heterocycles. The third-order valence-corrected chi connectivity index (χ3v) is 3.50. The first-order valence-corrected chi connectivity index (χ1v) is 7.01. The summed E-state index contributed by atoms with van der Waals surface area (Å²) in [6.45, 7) is 0. The van der Waals surface area contributed by atoms with E-state index in [9.17, 15) is 19.7 Å². The lowest BCUT2D eigenvalue weighted by atomic mass is 10.2. The normalized spacial score (nSPS) is 10.2. The van der Waals surface area contributed by atoms with E-state index in [2.05, 4.69) is 10.3 Å². The molecule has 0 unspecified atom stereocenters. The Morgan fingerprint density at radius 3 is 2.55 bits per heavy atom. The molecule has 0 saturated heterocycles. The molecular formula is C13H11N3O5S. The molecule has 2 rings (SSSR count). The number of non-ortho nitro benzene ring substituents is 1. The second kappa shape index (κ2) is 6.76. The number of thiazole rings is 1. The standard InChI is InChI=1S/C13H11N3O5S/c17-11(6-12-15-9(7-22-12)5-13(18)19)14-8-1-3-10(4-2-8)16(20)21/h1-4,7H,5-6H2,(H,14,17)(H,18,19). The van der Waals surface area contributed by atoms with Crippen LogP contribution in [0.1, 0.15) is 10.7 Å². The number of hydrogen-bond donors (Lipinski definition) is 2. The molecule has 22 heavy (non-hydrogen) atoms. The van der Waals surface area contributed by atoms with Crippen molar-refractivity contribution in [1.29, 1.82) is 0 Å². The predicted molar refractivity (Wildman–Crippen MR) is 78.9 cm³/mol. The summed E-state index contributed by atoms with van der Waals surface area (Å²) in [5.41, 5.74) is 0.796. The van der Waals surface area contributed by atoms with Gasteiger partial charge in [0, 0.05) is 23.2 Å². The predicted octanol–water partition coefficient (Wildman–Crippen LogP) is 1.86. The quantitative estimate of drug-likeness (QED) is 0.618. The fourth-order valence-electron chi connectivity index (χ4n) is 1.68. The Labute approximate surface area is 128 Å². The van der Waals surface area contributed by atoms with Crippen molar-refractivity contribution in [3.63, 3.8) is 0 Å². The first kappa shape index (κ1) is 15.6. The van der Waals surface area contributed by atoms with Crippen LogP contribution in [0.15, 0.2) is 29.6 Å². The molecule has 0 atom stereocenters. The Morgan fingerprint density at radius 1 is 1.27 bits per heavy atom. The van der Waals surface area contributed by atoms with Gasteiger partial charge in [0.1, 0.15) is 5.01 Å². The number of carbonyl (C=O) groups excluding carboxylic acids is 1. The zero-order chi connectivity index (χ0) is 16.1. The molecule has 0 aliphatic rings. The Morgan fingerprint density at radius 2 is 1.95 bits per heavy atom. The summed E-state index contributed by atoms with van der Waals surface area (Å²) in [4.78, 5) is 36.4. The average molecular weight is 321 g/mol. The van der Waals surface area contributed by atoms with E-state index < -0.39 is 10.9 Å². The first-order chi connectivity index (χ1) is 10.4. The Bertz CT molecular complexity index is 711. The smallest absolute Gasteiger partial charge is 0.309 e. The van der Waals surface area contributed by atoms with Gasteiger partial charge in [-0.25, -0.2) is 4.98 Å². The van der Waals surface area contributed by atoms with Crippen molar-refractivity contribution in [2.75, 3.05) is 5.32 Å². The van der Waals surface area contributed by atoms with Crippen molar-refractivity contribution in [2.45, 2.75) is 12.8 Å². The van der Waals surface area contributed by atoms with E-state index in [0.717, 1.165) is 0 Å². The van der Waals surface area contributed by atoms with Crippen LogP contribution in [0.5, 0.6) is 0 Å². The number of carbonyl (C=O) groups is 2. The lowest BCUT2D eigenvalue weighted by molar-refractivity contribution is -0.384. The van der Waals surface area contributed by atoms with Crippen LogP contribution in [0, 0.1) is 10.1 Å². The topological polar surface area (TPSA) is 122 Å². The number of aromatic nitrogens is 1. The molecule has 0 bridgehead atoms. The van der Waals surface area contributed by atoms with Crippen LogP contribution in [-0.4, -0.2) is 26.9 Å². The summed E-state index contributed by atoms with van der Waals surface area (Å²) >= 11 is 1.21. The van der Waals surface area contributed by atoms with Crippen LogP contribution in [0.4, 0.5) is 11.4 Å². The zero-order valence-corrected chi connectivity index (χ0v) is 12.0. The maximum absolute atomic E-state index is 11.8. The van der Waals surface area contributed by atoms with E-state index in [1.165, 1.54) is 35.6 Å². The Kier molecular flexibility index (Phi) is 4.79. The molecule has 9 heteroatoms. The molecule has 0 saturated carbocycles. The van der Waals surface area contributed by atoms with Gasteiger partial charge in [-0.15, -0.1) is 11.3 Å². The second-order valence-corrected chi connectivity index (χ2v) is 5.27. The number of nitrogens with one attached hydrogen (secondary N) is 1. The van der Waals surface area contributed by atoms with Crippen LogP contribution in [0.2, 0.25) is 0 Å². The molecule has 114 valence electrons. The highest BCUT2D eigenvalue weighted by atomic mass is 32.1. The summed E-state index contributed by atoms with van der Waals surface area (Å²) in [6, 6.07) is 5.47. The van der Waals surface area contributed by atoms with E-state index in [0.29, 0.717) is 16.4 Å². The molecule has 0 fully saturated rings. The van der Waals surface area contributed by atoms with Crippen LogP contribution in [0.3, 0.4) is 0 Å². The van der Waals surface area contributed by atoms with Gasteiger partial charge in [-0.3, -0.25) is 19.7 Å². The summed E-state index contributed by atoms with van der Waals surface area (Å²) in [6.07, 6.45) is -0.165. The van der Waals surface area contributed by atoms with Gasteiger partial charge in [0.15, 0.2) is 0 Å². The Hall–Kier alpha value is -2.81. The third kappa shape index (κ3) is 4.35. The number of benzene rings is 1. The fraction of sp³-hybridized carbons (Fsp3) is 0.154. The summed E-state index contributed by atoms with van der Waals surface area (Å²) in [7, 11) is 0. The number of aliphatic carboxylic acids is 1. The van der Waals surface area contributed by atoms with Crippen molar-refractivity contribution in [2.24, 2.45) is 0 Å². The van der Waals surface area contributed by atoms with Gasteiger partial charge in [-0.05, 0) is 12.1 Å². The fourth-order valence-corrected chi connectivity index (χ4v) is 2.47. The summed E-state index contributed by atoms with van der Waals surface area (Å²) < 4.78 is 0. The number of anilines is 1. The third-order valence-electron chi connectivity index (χ3n) is 2.61. The molecule has 1 aromatic heterocycles. The summed E-state index contributed by atoms with van der Waals surface area (Å²) in [5.74, 6) is -1.31. The lowest BCUT2D eigenvalue weighted by Gasteiger charge is -2.03. The van der Waals surface area contributed by atoms with Crippen LogP contribution < -0.4 is 5.32 Å². The molecule has 2 N–H and O–H groups in total. The number of carboxylic acids is 1. The highest BCUT2D eigenvalue weighted by molar-refractivity contribution is 7.09. The SMILES string of the molecule is O=C(O)Cc1csc(CC(=O)Nc2ccc([N+](=O)[O-])cc2)n1. The van der Waals surface area contributed by atoms with E-state index in [-0.39, 0.29) is 24.4 Å². The molecule has 1 aromatic carbocycles. The van der Waals surface area contributed by atoms with Gasteiger partial charge >= 0.3 is 5.97 Å². The lowest BCUT2D eigenvalue weighted by Crippen LogP contribution is -2.14. The highest BCUT2D eigenvalue weighted by Crippen LogP contribution is 2.16. The van der Waals surface area contributed by atoms with E-state index in [1.54, 1.807) is 5.38 Å². The Balaban J connectivity index is 1.93. The van der Waals surface area contributed by atoms with E-state index in [1.807, 2.05) is 0 Å². The molecule has 0 radical (unpaired) electrons. The maximum Gasteiger partial charge on any atom is 0.309 e. The van der Waals surface area contributed by atoms with Crippen LogP contribution >= 0.6 is 11.3 Å². The largest absolute Gasteiger partial charge is 0.481 e. The summed E-state index contributed by atoms with van der Waals surface area (Å²) in [5, 5.41) is 23.9. The van der Waals surface area contributed by atoms with Crippen LogP contribution in [-0.2, 0) is 22.4 Å². The molecule has 2 aromatic rings. The number of rotatable bonds is 6. The molecule has 1 heterocycles. The van der Waals surface area contributed by atoms with Crippen molar-refractivity contribution in [1.82, 2.24) is 4.98 Å². The van der Waals surface area contributed by atoms with Gasteiger partial charge in [0.25, 0.3) is 5.69 Å². The number of carboxylic acid groups (broad SMARTS) is 1. The maximum atomic E-state index is 11.8. The highest BCUT2D eigenvalue weighted by Gasteiger charge is 2.11. The van der Waals surface area contributed by atoms with Gasteiger partial charge < -0.3 is 10.4 Å². The first-order valence-electron chi connectivity index (χ1n) is 6.13. The molecular weight excluding hydrogens is 310 g/mol. The molecule has 8 nitrogen and oxygen atoms in total. The zero-order valence-electron chi connectivity index (χ0n) is 11.2. The monoisotopic (exact) mass is 321 g/mol. The number of amides is 1. The minimum absolute atomic E-state index is 0.0152. The number of nitro groups is 1. The second-order valence-electron chi connectivity index (χ2n) is 4.33. The number of nitrogens with zero attached hydrogens (tertiary/aromatic N) is 2. The van der Waals surface area contributed by atoms with E-state index in [4.69, 9.17) is 5.11 Å². The van der Waals surface area contributed by atoms with Crippen LogP contribution in [0.25, 0.3) is 0 Å². The van der Waals surface area contributed by atoms with Gasteiger partial charge in [0.2, 0.25) is 5.91 Å². The van der Waals surface area contributed by atoms with Gasteiger partial charge in [0.05, 0.1) is 23.5 Å². The molecule has 0 aliphatic carbocycles. The number of hydrogen-bond acceptors (Lipinski definition) is 6. The van der Waals surface area contributed by atoms with Gasteiger partial charge in [-0.1, -0.05) is 0 Å². The van der Waals surface area contributed by atoms with E-state index >= 15 is 0 Å².